The highest BCUT2D eigenvalue weighted by Crippen LogP contribution is 2.33. The summed E-state index contributed by atoms with van der Waals surface area (Å²) in [4.78, 5) is 11.2. The molecule has 0 aliphatic carbocycles. The monoisotopic (exact) mass is 295 g/mol. The number of nitrogens with one attached hydrogen (secondary N) is 2. The van der Waals surface area contributed by atoms with E-state index in [4.69, 9.17) is 5.73 Å². The number of nitrogens with zero attached hydrogens (tertiary/aromatic N) is 2. The fraction of sp³-hybridized carbons (Fsp3) is 0.500. The summed E-state index contributed by atoms with van der Waals surface area (Å²) in [5.41, 5.74) is 7.91. The van der Waals surface area contributed by atoms with Crippen molar-refractivity contribution in [2.24, 2.45) is 0 Å². The Kier molecular flexibility index (Phi) is 3.55. The molecule has 108 valence electrons. The van der Waals surface area contributed by atoms with Crippen LogP contribution in [0, 0.1) is 0 Å². The zero-order chi connectivity index (χ0) is 14.3. The molecule has 7 nitrogen and oxygen atoms in total. The van der Waals surface area contributed by atoms with Crippen molar-refractivity contribution in [1.29, 1.82) is 0 Å². The maximum Gasteiger partial charge on any atom is 0.151 e. The summed E-state index contributed by atoms with van der Waals surface area (Å²) in [6.45, 7) is 0. The second-order valence-electron chi connectivity index (χ2n) is 4.91. The van der Waals surface area contributed by atoms with Crippen LogP contribution in [0.25, 0.3) is 11.0 Å². The lowest BCUT2D eigenvalue weighted by Crippen LogP contribution is -2.34. The van der Waals surface area contributed by atoms with Gasteiger partial charge < -0.3 is 26.2 Å². The zero-order valence-corrected chi connectivity index (χ0v) is 11.8. The molecule has 0 radical (unpaired) electrons. The minimum Gasteiger partial charge on any atom is -0.389 e. The van der Waals surface area contributed by atoms with Crippen LogP contribution in [0.15, 0.2) is 12.5 Å². The fourth-order valence-electron chi connectivity index (χ4n) is 2.68. The third-order valence-corrected chi connectivity index (χ3v) is 4.39. The molecule has 0 amide bonds. The van der Waals surface area contributed by atoms with Crippen LogP contribution >= 0.6 is 11.8 Å². The van der Waals surface area contributed by atoms with Gasteiger partial charge in [0.05, 0.1) is 17.7 Å². The SMILES string of the molecule is CSC[C@H]1N[C@@H](c2c[nH]c3c(N)ncnc23)C(O)[C@H]1O. The Labute approximate surface area is 120 Å². The molecule has 20 heavy (non-hydrogen) atoms. The summed E-state index contributed by atoms with van der Waals surface area (Å²) in [6, 6.07) is -0.515. The molecule has 3 rings (SSSR count). The molecule has 0 bridgehead atoms. The van der Waals surface area contributed by atoms with E-state index >= 15 is 0 Å². The van der Waals surface area contributed by atoms with Crippen molar-refractivity contribution in [3.63, 3.8) is 0 Å². The quantitative estimate of drug-likeness (QED) is 0.524. The van der Waals surface area contributed by atoms with E-state index in [-0.39, 0.29) is 12.1 Å². The number of nitrogens with two attached hydrogens (primary N) is 1. The Morgan fingerprint density at radius 2 is 2.15 bits per heavy atom. The molecule has 1 fully saturated rings. The van der Waals surface area contributed by atoms with Gasteiger partial charge in [-0.15, -0.1) is 0 Å². The van der Waals surface area contributed by atoms with Gasteiger partial charge in [-0.3, -0.25) is 0 Å². The summed E-state index contributed by atoms with van der Waals surface area (Å²) in [7, 11) is 0. The number of hydrogen-bond acceptors (Lipinski definition) is 7. The Balaban J connectivity index is 1.97. The largest absolute Gasteiger partial charge is 0.389 e. The summed E-state index contributed by atoms with van der Waals surface area (Å²) in [6.07, 6.45) is 3.45. The molecule has 8 heteroatoms. The summed E-state index contributed by atoms with van der Waals surface area (Å²) in [5, 5.41) is 23.6. The second-order valence-corrected chi connectivity index (χ2v) is 5.82. The first kappa shape index (κ1) is 13.6. The zero-order valence-electron chi connectivity index (χ0n) is 10.9. The Morgan fingerprint density at radius 3 is 2.90 bits per heavy atom. The molecule has 3 heterocycles. The average molecular weight is 295 g/mol. The number of anilines is 1. The van der Waals surface area contributed by atoms with Crippen molar-refractivity contribution >= 4 is 28.6 Å². The Hall–Kier alpha value is -1.35. The van der Waals surface area contributed by atoms with Crippen LogP contribution < -0.4 is 11.1 Å². The highest BCUT2D eigenvalue weighted by molar-refractivity contribution is 7.98. The number of thioether (sulfide) groups is 1. The van der Waals surface area contributed by atoms with Gasteiger partial charge in [0.15, 0.2) is 5.82 Å². The molecular weight excluding hydrogens is 278 g/mol. The van der Waals surface area contributed by atoms with Gasteiger partial charge >= 0.3 is 0 Å². The Bertz CT molecular complexity index is 619. The number of aliphatic hydroxyl groups excluding tert-OH is 2. The van der Waals surface area contributed by atoms with Crippen LogP contribution in [-0.2, 0) is 0 Å². The van der Waals surface area contributed by atoms with Crippen molar-refractivity contribution in [3.8, 4) is 0 Å². The molecule has 1 aliphatic rings. The topological polar surface area (TPSA) is 120 Å². The Morgan fingerprint density at radius 1 is 1.35 bits per heavy atom. The third-order valence-electron chi connectivity index (χ3n) is 3.70. The number of fused-ring (bicyclic) bond motifs is 1. The van der Waals surface area contributed by atoms with Gasteiger partial charge in [0, 0.05) is 23.6 Å². The fourth-order valence-corrected chi connectivity index (χ4v) is 3.33. The predicted octanol–water partition coefficient (Wildman–Crippen LogP) is -0.362. The van der Waals surface area contributed by atoms with Crippen molar-refractivity contribution in [2.75, 3.05) is 17.7 Å². The molecule has 0 saturated carbocycles. The molecule has 2 aromatic rings. The maximum atomic E-state index is 10.2. The lowest BCUT2D eigenvalue weighted by Gasteiger charge is -2.14. The van der Waals surface area contributed by atoms with Crippen LogP contribution in [0.5, 0.6) is 0 Å². The van der Waals surface area contributed by atoms with Crippen molar-refractivity contribution in [3.05, 3.63) is 18.1 Å². The number of rotatable bonds is 3. The van der Waals surface area contributed by atoms with E-state index < -0.39 is 12.2 Å². The normalized spacial score (nSPS) is 30.1. The predicted molar refractivity (Wildman–Crippen MR) is 78.4 cm³/mol. The van der Waals surface area contributed by atoms with E-state index in [2.05, 4.69) is 20.3 Å². The van der Waals surface area contributed by atoms with E-state index in [1.54, 1.807) is 18.0 Å². The number of aromatic amines is 1. The van der Waals surface area contributed by atoms with Crippen LogP contribution in [0.2, 0.25) is 0 Å². The van der Waals surface area contributed by atoms with Gasteiger partial charge in [-0.1, -0.05) is 0 Å². The first-order chi connectivity index (χ1) is 9.63. The van der Waals surface area contributed by atoms with E-state index in [0.29, 0.717) is 16.9 Å². The summed E-state index contributed by atoms with van der Waals surface area (Å²) in [5.74, 6) is 1.10. The van der Waals surface area contributed by atoms with Gasteiger partial charge in [-0.2, -0.15) is 11.8 Å². The average Bonchev–Trinajstić information content (AvgIpc) is 2.97. The van der Waals surface area contributed by atoms with Crippen molar-refractivity contribution < 1.29 is 10.2 Å². The highest BCUT2D eigenvalue weighted by Gasteiger charge is 2.42. The van der Waals surface area contributed by atoms with E-state index in [9.17, 15) is 10.2 Å². The molecule has 1 aliphatic heterocycles. The third kappa shape index (κ3) is 2.05. The lowest BCUT2D eigenvalue weighted by atomic mass is 10.0. The van der Waals surface area contributed by atoms with Gasteiger partial charge in [0.2, 0.25) is 0 Å². The van der Waals surface area contributed by atoms with Crippen LogP contribution in [0.1, 0.15) is 11.6 Å². The summed E-state index contributed by atoms with van der Waals surface area (Å²) >= 11 is 1.62. The van der Waals surface area contributed by atoms with E-state index in [1.165, 1.54) is 6.33 Å². The first-order valence-corrected chi connectivity index (χ1v) is 7.71. The number of nitrogen functional groups attached to an aromatic ring is 1. The first-order valence-electron chi connectivity index (χ1n) is 6.32. The van der Waals surface area contributed by atoms with Crippen LogP contribution in [0.3, 0.4) is 0 Å². The van der Waals surface area contributed by atoms with E-state index in [1.807, 2.05) is 6.26 Å². The smallest absolute Gasteiger partial charge is 0.151 e. The molecule has 6 N–H and O–H groups in total. The minimum absolute atomic E-state index is 0.144. The van der Waals surface area contributed by atoms with Gasteiger partial charge in [0.1, 0.15) is 17.9 Å². The summed E-state index contributed by atoms with van der Waals surface area (Å²) < 4.78 is 0. The number of hydrogen-bond donors (Lipinski definition) is 5. The van der Waals surface area contributed by atoms with Crippen LogP contribution in [-0.4, -0.2) is 55.4 Å². The second kappa shape index (κ2) is 5.21. The molecule has 1 unspecified atom stereocenters. The number of H-pyrrole nitrogens is 1. The van der Waals surface area contributed by atoms with Gasteiger partial charge in [-0.05, 0) is 6.26 Å². The molecule has 0 aromatic carbocycles. The number of aliphatic hydroxyl groups is 2. The van der Waals surface area contributed by atoms with Crippen molar-refractivity contribution in [2.45, 2.75) is 24.3 Å². The highest BCUT2D eigenvalue weighted by atomic mass is 32.2. The molecule has 0 spiro atoms. The van der Waals surface area contributed by atoms with Crippen LogP contribution in [0.4, 0.5) is 5.82 Å². The maximum absolute atomic E-state index is 10.2. The molecule has 4 atom stereocenters. The minimum atomic E-state index is -0.873. The van der Waals surface area contributed by atoms with E-state index in [0.717, 1.165) is 11.3 Å². The van der Waals surface area contributed by atoms with Crippen molar-refractivity contribution in [1.82, 2.24) is 20.3 Å². The molecule has 1 saturated heterocycles. The van der Waals surface area contributed by atoms with Gasteiger partial charge in [-0.25, -0.2) is 9.97 Å². The molecule has 2 aromatic heterocycles. The number of aromatic nitrogens is 3. The molecular formula is C12H17N5O2S. The lowest BCUT2D eigenvalue weighted by molar-refractivity contribution is 0.0308. The standard InChI is InChI=1S/C12H17N5O2S/c1-20-3-6-10(18)11(19)8(17-6)5-2-14-9-7(5)15-4-16-12(9)13/h2,4,6,8,10-11,14,17-19H,3H2,1H3,(H2,13,15,16)/t6-,8+,10+,11?/m1/s1. The van der Waals surface area contributed by atoms with Gasteiger partial charge in [0.25, 0.3) is 0 Å².